The molecule has 1 aromatic carbocycles. The molecule has 22 heavy (non-hydrogen) atoms. The average Bonchev–Trinajstić information content (AvgIpc) is 2.89. The summed E-state index contributed by atoms with van der Waals surface area (Å²) in [6, 6.07) is 7.09. The van der Waals surface area contributed by atoms with Crippen molar-refractivity contribution in [3.05, 3.63) is 27.7 Å². The Bertz CT molecular complexity index is 660. The van der Waals surface area contributed by atoms with Crippen LogP contribution in [0.2, 0.25) is 0 Å². The summed E-state index contributed by atoms with van der Waals surface area (Å²) in [5, 5.41) is 10.6. The average molecular weight is 381 g/mol. The fourth-order valence-electron chi connectivity index (χ4n) is 3.68. The lowest BCUT2D eigenvalue weighted by atomic mass is 9.78. The fourth-order valence-corrected chi connectivity index (χ4v) is 5.32. The van der Waals surface area contributed by atoms with Crippen LogP contribution in [0.1, 0.15) is 36.6 Å². The van der Waals surface area contributed by atoms with Crippen molar-refractivity contribution >= 4 is 37.5 Å². The summed E-state index contributed by atoms with van der Waals surface area (Å²) >= 11 is 5.39. The number of benzene rings is 1. The van der Waals surface area contributed by atoms with Crippen LogP contribution >= 0.6 is 27.3 Å². The van der Waals surface area contributed by atoms with Crippen LogP contribution in [0, 0.1) is 5.92 Å². The van der Waals surface area contributed by atoms with Crippen molar-refractivity contribution in [1.82, 2.24) is 9.88 Å². The Kier molecular flexibility index (Phi) is 4.24. The number of aliphatic hydroxyl groups excluding tert-OH is 1. The van der Waals surface area contributed by atoms with E-state index in [4.69, 9.17) is 4.98 Å². The normalized spacial score (nSPS) is 27.2. The molecular formula is C17H21BrN2OS. The number of thiazole rings is 1. The quantitative estimate of drug-likeness (QED) is 0.873. The van der Waals surface area contributed by atoms with Crippen LogP contribution in [0.5, 0.6) is 0 Å². The summed E-state index contributed by atoms with van der Waals surface area (Å²) in [6.07, 6.45) is 4.83. The zero-order valence-corrected chi connectivity index (χ0v) is 14.9. The second-order valence-electron chi connectivity index (χ2n) is 6.65. The zero-order valence-electron chi connectivity index (χ0n) is 12.5. The molecule has 0 atom stereocenters. The Morgan fingerprint density at radius 3 is 2.77 bits per heavy atom. The molecule has 2 aliphatic rings. The maximum absolute atomic E-state index is 9.24. The Balaban J connectivity index is 1.38. The Hall–Kier alpha value is -0.490. The van der Waals surface area contributed by atoms with E-state index in [2.05, 4.69) is 39.0 Å². The highest BCUT2D eigenvalue weighted by Gasteiger charge is 2.37. The van der Waals surface area contributed by atoms with Crippen molar-refractivity contribution in [1.29, 1.82) is 0 Å². The Labute approximate surface area is 143 Å². The van der Waals surface area contributed by atoms with Gasteiger partial charge in [-0.25, -0.2) is 4.98 Å². The number of aromatic nitrogens is 1. The zero-order chi connectivity index (χ0) is 15.1. The maximum Gasteiger partial charge on any atom is 0.0970 e. The maximum atomic E-state index is 9.24. The minimum absolute atomic E-state index is 0.363. The van der Waals surface area contributed by atoms with E-state index in [0.29, 0.717) is 18.4 Å². The summed E-state index contributed by atoms with van der Waals surface area (Å²) in [5.41, 5.74) is 1.13. The van der Waals surface area contributed by atoms with E-state index in [-0.39, 0.29) is 0 Å². The number of aliphatic hydroxyl groups is 1. The van der Waals surface area contributed by atoms with Crippen molar-refractivity contribution < 1.29 is 5.11 Å². The summed E-state index contributed by atoms with van der Waals surface area (Å²) in [7, 11) is 0. The van der Waals surface area contributed by atoms with E-state index in [9.17, 15) is 5.11 Å². The number of halogens is 1. The molecule has 3 nitrogen and oxygen atoms in total. The molecule has 2 fully saturated rings. The number of piperidine rings is 1. The minimum atomic E-state index is 0.363. The van der Waals surface area contributed by atoms with E-state index in [1.54, 1.807) is 0 Å². The minimum Gasteiger partial charge on any atom is -0.396 e. The predicted molar refractivity (Wildman–Crippen MR) is 94.5 cm³/mol. The molecule has 1 aliphatic carbocycles. The van der Waals surface area contributed by atoms with Crippen LogP contribution in [-0.4, -0.2) is 40.7 Å². The first kappa shape index (κ1) is 15.1. The number of nitrogens with zero attached hydrogens (tertiary/aromatic N) is 2. The van der Waals surface area contributed by atoms with Crippen molar-refractivity contribution in [2.75, 3.05) is 19.7 Å². The summed E-state index contributed by atoms with van der Waals surface area (Å²) in [5.74, 6) is 1.19. The molecule has 0 radical (unpaired) electrons. The van der Waals surface area contributed by atoms with Gasteiger partial charge in [0, 0.05) is 23.0 Å². The number of fused-ring (bicyclic) bond motifs is 1. The number of hydrogen-bond acceptors (Lipinski definition) is 4. The van der Waals surface area contributed by atoms with Gasteiger partial charge in [0.05, 0.1) is 15.2 Å². The summed E-state index contributed by atoms with van der Waals surface area (Å²) in [6.45, 7) is 2.69. The van der Waals surface area contributed by atoms with E-state index < -0.39 is 0 Å². The molecule has 0 spiro atoms. The highest BCUT2D eigenvalue weighted by molar-refractivity contribution is 9.10. The molecule has 0 unspecified atom stereocenters. The van der Waals surface area contributed by atoms with Gasteiger partial charge in [-0.1, -0.05) is 15.9 Å². The van der Waals surface area contributed by atoms with Crippen LogP contribution in [0.15, 0.2) is 22.7 Å². The van der Waals surface area contributed by atoms with E-state index in [0.717, 1.165) is 42.0 Å². The molecule has 1 aromatic heterocycles. The van der Waals surface area contributed by atoms with Crippen LogP contribution in [0.4, 0.5) is 0 Å². The predicted octanol–water partition coefficient (Wildman–Crippen LogP) is 4.01. The smallest absolute Gasteiger partial charge is 0.0970 e. The largest absolute Gasteiger partial charge is 0.396 e. The van der Waals surface area contributed by atoms with Gasteiger partial charge in [-0.05, 0) is 62.9 Å². The van der Waals surface area contributed by atoms with Gasteiger partial charge in [0.25, 0.3) is 0 Å². The third-order valence-corrected chi connectivity index (χ3v) is 6.93. The molecule has 5 heteroatoms. The van der Waals surface area contributed by atoms with Gasteiger partial charge in [0.2, 0.25) is 0 Å². The first-order valence-electron chi connectivity index (χ1n) is 8.14. The van der Waals surface area contributed by atoms with Crippen molar-refractivity contribution in [2.24, 2.45) is 5.92 Å². The second-order valence-corrected chi connectivity index (χ2v) is 8.63. The molecule has 118 valence electrons. The molecule has 1 saturated carbocycles. The number of rotatable bonds is 3. The topological polar surface area (TPSA) is 36.4 Å². The van der Waals surface area contributed by atoms with E-state index in [1.807, 2.05) is 11.3 Å². The van der Waals surface area contributed by atoms with Gasteiger partial charge >= 0.3 is 0 Å². The molecule has 2 aromatic rings. The monoisotopic (exact) mass is 380 g/mol. The van der Waals surface area contributed by atoms with Crippen molar-refractivity contribution in [2.45, 2.75) is 37.6 Å². The van der Waals surface area contributed by atoms with Crippen molar-refractivity contribution in [3.63, 3.8) is 0 Å². The third kappa shape index (κ3) is 2.84. The molecule has 1 N–H and O–H groups in total. The van der Waals surface area contributed by atoms with Crippen LogP contribution in [0.3, 0.4) is 0 Å². The van der Waals surface area contributed by atoms with Gasteiger partial charge < -0.3 is 10.0 Å². The lowest BCUT2D eigenvalue weighted by Crippen LogP contribution is -2.47. The van der Waals surface area contributed by atoms with Gasteiger partial charge in [0.1, 0.15) is 0 Å². The first-order chi connectivity index (χ1) is 10.7. The summed E-state index contributed by atoms with van der Waals surface area (Å²) < 4.78 is 2.42. The highest BCUT2D eigenvalue weighted by atomic mass is 79.9. The molecular weight excluding hydrogens is 360 g/mol. The molecule has 0 amide bonds. The van der Waals surface area contributed by atoms with Gasteiger partial charge in [0.15, 0.2) is 0 Å². The molecule has 1 saturated heterocycles. The number of likely N-dealkylation sites (tertiary alicyclic amines) is 1. The number of hydrogen-bond donors (Lipinski definition) is 1. The van der Waals surface area contributed by atoms with E-state index >= 15 is 0 Å². The van der Waals surface area contributed by atoms with Gasteiger partial charge in [-0.3, -0.25) is 0 Å². The lowest BCUT2D eigenvalue weighted by Gasteiger charge is -2.45. The van der Waals surface area contributed by atoms with Crippen LogP contribution < -0.4 is 0 Å². The summed E-state index contributed by atoms with van der Waals surface area (Å²) in [4.78, 5) is 7.46. The van der Waals surface area contributed by atoms with Gasteiger partial charge in [-0.15, -0.1) is 11.3 Å². The van der Waals surface area contributed by atoms with Crippen molar-refractivity contribution in [3.8, 4) is 0 Å². The highest BCUT2D eigenvalue weighted by Crippen LogP contribution is 2.43. The fraction of sp³-hybridized carbons (Fsp3) is 0.588. The molecule has 4 rings (SSSR count). The molecule has 2 heterocycles. The Morgan fingerprint density at radius 1 is 1.27 bits per heavy atom. The van der Waals surface area contributed by atoms with Crippen LogP contribution in [0.25, 0.3) is 10.2 Å². The lowest BCUT2D eigenvalue weighted by molar-refractivity contribution is 0.0565. The first-order valence-corrected chi connectivity index (χ1v) is 9.75. The van der Waals surface area contributed by atoms with Crippen LogP contribution in [-0.2, 0) is 0 Å². The molecule has 1 aliphatic heterocycles. The SMILES string of the molecule is OCC1CCN(C2CC(c3nc4ccc(Br)cc4s3)C2)CC1. The molecule has 0 bridgehead atoms. The third-order valence-electron chi connectivity index (χ3n) is 5.25. The Morgan fingerprint density at radius 2 is 2.05 bits per heavy atom. The van der Waals surface area contributed by atoms with Gasteiger partial charge in [-0.2, -0.15) is 0 Å². The van der Waals surface area contributed by atoms with E-state index in [1.165, 1.54) is 22.5 Å². The standard InChI is InChI=1S/C17H21BrN2OS/c18-13-1-2-15-16(9-13)22-17(19-15)12-7-14(8-12)20-5-3-11(10-21)4-6-20/h1-2,9,11-12,14,21H,3-8,10H2. The second kappa shape index (κ2) is 6.19.